The number of alkyl halides is 4. The van der Waals surface area contributed by atoms with E-state index in [1.807, 2.05) is 0 Å². The summed E-state index contributed by atoms with van der Waals surface area (Å²) in [5, 5.41) is 40.4. The third-order valence-corrected chi connectivity index (χ3v) is 4.31. The van der Waals surface area contributed by atoms with Crippen LogP contribution in [0.1, 0.15) is 0 Å². The van der Waals surface area contributed by atoms with Gasteiger partial charge in [0.2, 0.25) is 0 Å². The van der Waals surface area contributed by atoms with Gasteiger partial charge in [-0.25, -0.2) is 0 Å². The van der Waals surface area contributed by atoms with Crippen molar-refractivity contribution in [2.75, 3.05) is 62.8 Å². The fourth-order valence-electron chi connectivity index (χ4n) is 2.27. The first-order valence-electron chi connectivity index (χ1n) is 7.82. The molecule has 0 bridgehead atoms. The fourth-order valence-corrected chi connectivity index (χ4v) is 3.22. The molecule has 0 aromatic heterocycles. The largest absolute Gasteiger partial charge is 0.389 e. The van der Waals surface area contributed by atoms with Crippen LogP contribution in [0.3, 0.4) is 0 Å². The van der Waals surface area contributed by atoms with Gasteiger partial charge in [-0.1, -0.05) is 0 Å². The lowest BCUT2D eigenvalue weighted by Gasteiger charge is -2.32. The minimum atomic E-state index is -1.50. The van der Waals surface area contributed by atoms with Crippen LogP contribution in [0.15, 0.2) is 0 Å². The van der Waals surface area contributed by atoms with Gasteiger partial charge in [-0.2, -0.15) is 0 Å². The van der Waals surface area contributed by atoms with Gasteiger partial charge >= 0.3 is 0 Å². The molecule has 0 aliphatic rings. The second kappa shape index (κ2) is 17.3. The molecule has 4 N–H and O–H groups in total. The summed E-state index contributed by atoms with van der Waals surface area (Å²) in [5.41, 5.74) is 0. The highest BCUT2D eigenvalue weighted by Gasteiger charge is 2.32. The van der Waals surface area contributed by atoms with Crippen molar-refractivity contribution in [3.05, 3.63) is 0 Å². The topological polar surface area (TPSA) is 87.4 Å². The molecule has 0 aromatic rings. The van der Waals surface area contributed by atoms with Gasteiger partial charge < -0.3 is 20.4 Å². The van der Waals surface area contributed by atoms with Crippen molar-refractivity contribution < 1.29 is 20.4 Å². The average Bonchev–Trinajstić information content (AvgIpc) is 2.54. The van der Waals surface area contributed by atoms with E-state index in [1.165, 1.54) is 0 Å². The van der Waals surface area contributed by atoms with Crippen LogP contribution in [-0.2, 0) is 0 Å². The molecule has 0 saturated carbocycles. The van der Waals surface area contributed by atoms with Crippen molar-refractivity contribution in [1.82, 2.24) is 9.80 Å². The quantitative estimate of drug-likeness (QED) is 0.262. The Morgan fingerprint density at radius 3 is 1.00 bits per heavy atom. The van der Waals surface area contributed by atoms with Crippen LogP contribution in [0.5, 0.6) is 0 Å². The first kappa shape index (κ1) is 28.4. The molecule has 0 fully saturated rings. The van der Waals surface area contributed by atoms with E-state index in [4.69, 9.17) is 46.4 Å². The molecule has 154 valence electrons. The summed E-state index contributed by atoms with van der Waals surface area (Å²) in [7, 11) is 0. The van der Waals surface area contributed by atoms with Crippen LogP contribution >= 0.6 is 58.8 Å². The van der Waals surface area contributed by atoms with Crippen molar-refractivity contribution in [1.29, 1.82) is 0 Å². The molecule has 0 radical (unpaired) electrons. The normalized spacial score (nSPS) is 16.6. The summed E-state index contributed by atoms with van der Waals surface area (Å²) in [6.07, 6.45) is -5.48. The molecule has 0 heterocycles. The SMILES string of the molecule is Cl.OC(CN(CCCl)CCCl)C(O)C(O)C(O)CN(CCCl)CCCl. The van der Waals surface area contributed by atoms with Gasteiger partial charge in [0.05, 0.1) is 12.2 Å². The molecule has 0 saturated heterocycles. The average molecular weight is 467 g/mol. The third-order valence-electron chi connectivity index (χ3n) is 3.63. The molecule has 25 heavy (non-hydrogen) atoms. The lowest BCUT2D eigenvalue weighted by atomic mass is 10.0. The van der Waals surface area contributed by atoms with E-state index >= 15 is 0 Å². The van der Waals surface area contributed by atoms with Crippen LogP contribution in [0.25, 0.3) is 0 Å². The lowest BCUT2D eigenvalue weighted by Crippen LogP contribution is -2.52. The molecule has 0 aliphatic heterocycles. The lowest BCUT2D eigenvalue weighted by molar-refractivity contribution is -0.114. The second-order valence-electron chi connectivity index (χ2n) is 5.47. The summed E-state index contributed by atoms with van der Waals surface area (Å²) in [6, 6.07) is 0. The predicted molar refractivity (Wildman–Crippen MR) is 107 cm³/mol. The van der Waals surface area contributed by atoms with Crippen LogP contribution < -0.4 is 0 Å². The maximum Gasteiger partial charge on any atom is 0.110 e. The molecular formula is C14H29Cl5N2O4. The molecule has 0 spiro atoms. The zero-order valence-corrected chi connectivity index (χ0v) is 17.8. The van der Waals surface area contributed by atoms with E-state index in [1.54, 1.807) is 9.80 Å². The van der Waals surface area contributed by atoms with Gasteiger partial charge in [0.1, 0.15) is 12.2 Å². The molecule has 11 heteroatoms. The molecular weight excluding hydrogens is 437 g/mol. The van der Waals surface area contributed by atoms with Crippen molar-refractivity contribution >= 4 is 58.8 Å². The van der Waals surface area contributed by atoms with Gasteiger partial charge in [-0.05, 0) is 0 Å². The van der Waals surface area contributed by atoms with Crippen molar-refractivity contribution in [3.63, 3.8) is 0 Å². The molecule has 0 aliphatic carbocycles. The van der Waals surface area contributed by atoms with Gasteiger partial charge in [-0.15, -0.1) is 58.8 Å². The summed E-state index contributed by atoms with van der Waals surface area (Å²) < 4.78 is 0. The van der Waals surface area contributed by atoms with E-state index in [2.05, 4.69) is 0 Å². The Kier molecular flexibility index (Phi) is 19.7. The Morgan fingerprint density at radius 1 is 0.560 bits per heavy atom. The summed E-state index contributed by atoms with van der Waals surface area (Å²) in [4.78, 5) is 3.56. The highest BCUT2D eigenvalue weighted by Crippen LogP contribution is 2.09. The van der Waals surface area contributed by atoms with Crippen molar-refractivity contribution in [2.45, 2.75) is 24.4 Å². The first-order valence-corrected chi connectivity index (χ1v) is 9.95. The fraction of sp³-hybridized carbons (Fsp3) is 1.00. The first-order chi connectivity index (χ1) is 11.4. The Hall–Kier alpha value is 1.21. The molecule has 4 atom stereocenters. The Bertz CT molecular complexity index is 270. The van der Waals surface area contributed by atoms with Gasteiger partial charge in [0.25, 0.3) is 0 Å². The predicted octanol–water partition coefficient (Wildman–Crippen LogP) is 0.411. The highest BCUT2D eigenvalue weighted by molar-refractivity contribution is 6.18. The van der Waals surface area contributed by atoms with E-state index in [-0.39, 0.29) is 25.5 Å². The van der Waals surface area contributed by atoms with Crippen LogP contribution in [0.4, 0.5) is 0 Å². The number of rotatable bonds is 15. The Morgan fingerprint density at radius 2 is 0.800 bits per heavy atom. The smallest absolute Gasteiger partial charge is 0.110 e. The minimum absolute atomic E-state index is 0. The molecule has 0 aromatic carbocycles. The van der Waals surface area contributed by atoms with Gasteiger partial charge in [0.15, 0.2) is 0 Å². The number of hydrogen-bond donors (Lipinski definition) is 4. The number of aliphatic hydroxyl groups excluding tert-OH is 4. The molecule has 6 nitrogen and oxygen atoms in total. The number of halogens is 5. The summed E-state index contributed by atoms with van der Waals surface area (Å²) >= 11 is 22.7. The zero-order valence-electron chi connectivity index (χ0n) is 14.0. The maximum absolute atomic E-state index is 10.1. The highest BCUT2D eigenvalue weighted by atomic mass is 35.5. The molecule has 0 rings (SSSR count). The Labute approximate surface area is 176 Å². The van der Waals surface area contributed by atoms with Gasteiger partial charge in [0, 0.05) is 62.8 Å². The van der Waals surface area contributed by atoms with E-state index in [0.717, 1.165) is 0 Å². The van der Waals surface area contributed by atoms with E-state index < -0.39 is 24.4 Å². The number of aliphatic hydroxyl groups is 4. The summed E-state index contributed by atoms with van der Waals surface area (Å²) in [5.74, 6) is 1.43. The summed E-state index contributed by atoms with van der Waals surface area (Å²) in [6.45, 7) is 2.17. The second-order valence-corrected chi connectivity index (χ2v) is 6.98. The third kappa shape index (κ3) is 12.3. The van der Waals surface area contributed by atoms with Crippen LogP contribution in [0.2, 0.25) is 0 Å². The minimum Gasteiger partial charge on any atom is -0.389 e. The van der Waals surface area contributed by atoms with Crippen molar-refractivity contribution in [2.24, 2.45) is 0 Å². The van der Waals surface area contributed by atoms with E-state index in [0.29, 0.717) is 49.7 Å². The molecule has 4 unspecified atom stereocenters. The van der Waals surface area contributed by atoms with Crippen LogP contribution in [-0.4, -0.2) is 117 Å². The standard InChI is InChI=1S/C14H28Cl4N2O4.ClH/c15-1-5-19(6-2-16)9-11(21)13(23)14(24)12(22)10-20(7-3-17)8-4-18;/h11-14,21-24H,1-10H2;1H. The maximum atomic E-state index is 10.1. The van der Waals surface area contributed by atoms with Crippen LogP contribution in [0, 0.1) is 0 Å². The zero-order chi connectivity index (χ0) is 18.5. The number of nitrogens with zero attached hydrogens (tertiary/aromatic N) is 2. The Balaban J connectivity index is 0. The van der Waals surface area contributed by atoms with E-state index in [9.17, 15) is 20.4 Å². The monoisotopic (exact) mass is 464 g/mol. The van der Waals surface area contributed by atoms with Crippen molar-refractivity contribution in [3.8, 4) is 0 Å². The number of hydrogen-bond acceptors (Lipinski definition) is 6. The van der Waals surface area contributed by atoms with Gasteiger partial charge in [-0.3, -0.25) is 9.80 Å². The molecule has 0 amide bonds.